The van der Waals surface area contributed by atoms with Crippen molar-refractivity contribution >= 4 is 6.29 Å². The van der Waals surface area contributed by atoms with E-state index in [2.05, 4.69) is 6.58 Å². The number of benzene rings is 1. The minimum Gasteiger partial charge on any atom is -0.493 e. The maximum atomic E-state index is 10.8. The number of aldehydes is 1. The molecule has 0 N–H and O–H groups in total. The summed E-state index contributed by atoms with van der Waals surface area (Å²) in [4.78, 5) is 10.8. The highest BCUT2D eigenvalue weighted by Gasteiger charge is 2.02. The van der Waals surface area contributed by atoms with Crippen molar-refractivity contribution < 1.29 is 9.53 Å². The van der Waals surface area contributed by atoms with E-state index >= 15 is 0 Å². The highest BCUT2D eigenvalue weighted by molar-refractivity contribution is 5.79. The third-order valence-corrected chi connectivity index (χ3v) is 2.08. The summed E-state index contributed by atoms with van der Waals surface area (Å²) < 4.78 is 5.50. The fourth-order valence-corrected chi connectivity index (χ4v) is 1.23. The summed E-state index contributed by atoms with van der Waals surface area (Å²) in [5.74, 6) is 0.650. The van der Waals surface area contributed by atoms with Crippen molar-refractivity contribution in [2.45, 2.75) is 20.3 Å². The Hall–Kier alpha value is -1.57. The zero-order valence-electron chi connectivity index (χ0n) is 9.25. The molecule has 0 unspecified atom stereocenters. The van der Waals surface area contributed by atoms with Crippen molar-refractivity contribution in [2.24, 2.45) is 0 Å². The van der Waals surface area contributed by atoms with Crippen molar-refractivity contribution in [1.82, 2.24) is 0 Å². The van der Waals surface area contributed by atoms with Crippen LogP contribution in [-0.2, 0) is 0 Å². The lowest BCUT2D eigenvalue weighted by atomic mass is 10.1. The van der Waals surface area contributed by atoms with E-state index in [1.165, 1.54) is 0 Å². The van der Waals surface area contributed by atoms with Gasteiger partial charge in [-0.15, -0.1) is 6.58 Å². The van der Waals surface area contributed by atoms with Gasteiger partial charge in [0.25, 0.3) is 0 Å². The minimum atomic E-state index is 0.569. The van der Waals surface area contributed by atoms with Crippen LogP contribution in [-0.4, -0.2) is 12.9 Å². The second-order valence-corrected chi connectivity index (χ2v) is 3.71. The molecule has 0 atom stereocenters. The van der Waals surface area contributed by atoms with E-state index in [1.54, 1.807) is 0 Å². The third kappa shape index (κ3) is 3.58. The topological polar surface area (TPSA) is 26.3 Å². The highest BCUT2D eigenvalue weighted by atomic mass is 16.5. The molecule has 0 heterocycles. The SMILES string of the molecule is C=C(C)CCOc1ccc(C)cc1C=O. The quantitative estimate of drug-likeness (QED) is 0.544. The van der Waals surface area contributed by atoms with Gasteiger partial charge in [-0.3, -0.25) is 4.79 Å². The van der Waals surface area contributed by atoms with Crippen LogP contribution >= 0.6 is 0 Å². The molecule has 0 fully saturated rings. The Morgan fingerprint density at radius 3 is 2.87 bits per heavy atom. The lowest BCUT2D eigenvalue weighted by Crippen LogP contribution is -2.00. The first-order valence-electron chi connectivity index (χ1n) is 4.96. The number of ether oxygens (including phenoxy) is 1. The van der Waals surface area contributed by atoms with Crippen molar-refractivity contribution in [3.63, 3.8) is 0 Å². The van der Waals surface area contributed by atoms with Crippen LogP contribution < -0.4 is 4.74 Å². The van der Waals surface area contributed by atoms with Crippen LogP contribution in [0.1, 0.15) is 29.3 Å². The number of rotatable bonds is 5. The maximum Gasteiger partial charge on any atom is 0.153 e. The van der Waals surface area contributed by atoms with Crippen LogP contribution in [0.3, 0.4) is 0 Å². The summed E-state index contributed by atoms with van der Waals surface area (Å²) in [5, 5.41) is 0. The smallest absolute Gasteiger partial charge is 0.153 e. The van der Waals surface area contributed by atoms with Gasteiger partial charge < -0.3 is 4.74 Å². The fraction of sp³-hybridized carbons (Fsp3) is 0.308. The lowest BCUT2D eigenvalue weighted by molar-refractivity contribution is 0.111. The molecule has 0 spiro atoms. The van der Waals surface area contributed by atoms with Gasteiger partial charge in [0, 0.05) is 6.42 Å². The van der Waals surface area contributed by atoms with Gasteiger partial charge in [0.15, 0.2) is 6.29 Å². The van der Waals surface area contributed by atoms with Crippen molar-refractivity contribution in [2.75, 3.05) is 6.61 Å². The summed E-state index contributed by atoms with van der Waals surface area (Å²) in [5.41, 5.74) is 2.75. The van der Waals surface area contributed by atoms with Crippen LogP contribution in [0.5, 0.6) is 5.75 Å². The molecule has 1 aromatic carbocycles. The number of hydrogen-bond donors (Lipinski definition) is 0. The minimum absolute atomic E-state index is 0.569. The molecule has 0 bridgehead atoms. The monoisotopic (exact) mass is 204 g/mol. The molecule has 0 aliphatic rings. The second kappa shape index (κ2) is 5.35. The van der Waals surface area contributed by atoms with E-state index < -0.39 is 0 Å². The van der Waals surface area contributed by atoms with E-state index in [1.807, 2.05) is 32.0 Å². The first kappa shape index (κ1) is 11.5. The number of hydrogen-bond acceptors (Lipinski definition) is 2. The molecule has 0 aromatic heterocycles. The molecular weight excluding hydrogens is 188 g/mol. The van der Waals surface area contributed by atoms with Crippen molar-refractivity contribution in [3.05, 3.63) is 41.5 Å². The molecule has 0 aliphatic heterocycles. The van der Waals surface area contributed by atoms with E-state index in [-0.39, 0.29) is 0 Å². The van der Waals surface area contributed by atoms with Gasteiger partial charge >= 0.3 is 0 Å². The lowest BCUT2D eigenvalue weighted by Gasteiger charge is -2.08. The molecular formula is C13H16O2. The van der Waals surface area contributed by atoms with Gasteiger partial charge in [0.05, 0.1) is 12.2 Å². The van der Waals surface area contributed by atoms with E-state index in [4.69, 9.17) is 4.74 Å². The summed E-state index contributed by atoms with van der Waals surface area (Å²) in [6, 6.07) is 5.59. The first-order chi connectivity index (χ1) is 7.13. The van der Waals surface area contributed by atoms with Gasteiger partial charge in [-0.05, 0) is 26.0 Å². The Balaban J connectivity index is 2.67. The molecule has 0 amide bonds. The molecule has 2 heteroatoms. The van der Waals surface area contributed by atoms with E-state index in [0.29, 0.717) is 17.9 Å². The number of carbonyl (C=O) groups excluding carboxylic acids is 1. The average molecular weight is 204 g/mol. The van der Waals surface area contributed by atoms with Crippen LogP contribution in [0.15, 0.2) is 30.4 Å². The molecule has 0 aliphatic carbocycles. The molecule has 80 valence electrons. The van der Waals surface area contributed by atoms with Crippen LogP contribution in [0, 0.1) is 6.92 Å². The standard InChI is InChI=1S/C13H16O2/c1-10(2)6-7-15-13-5-4-11(3)8-12(13)9-14/h4-5,8-9H,1,6-7H2,2-3H3. The van der Waals surface area contributed by atoms with Gasteiger partial charge in [0.2, 0.25) is 0 Å². The van der Waals surface area contributed by atoms with Gasteiger partial charge in [0.1, 0.15) is 5.75 Å². The fourth-order valence-electron chi connectivity index (χ4n) is 1.23. The van der Waals surface area contributed by atoms with Crippen molar-refractivity contribution in [3.8, 4) is 5.75 Å². The third-order valence-electron chi connectivity index (χ3n) is 2.08. The highest BCUT2D eigenvalue weighted by Crippen LogP contribution is 2.18. The van der Waals surface area contributed by atoms with E-state index in [9.17, 15) is 4.79 Å². The second-order valence-electron chi connectivity index (χ2n) is 3.71. The average Bonchev–Trinajstić information content (AvgIpc) is 2.19. The van der Waals surface area contributed by atoms with Gasteiger partial charge in [-0.25, -0.2) is 0 Å². The Bertz CT molecular complexity index is 367. The molecule has 1 aromatic rings. The van der Waals surface area contributed by atoms with Crippen molar-refractivity contribution in [1.29, 1.82) is 0 Å². The maximum absolute atomic E-state index is 10.8. The largest absolute Gasteiger partial charge is 0.493 e. The van der Waals surface area contributed by atoms with Gasteiger partial charge in [-0.2, -0.15) is 0 Å². The Morgan fingerprint density at radius 2 is 2.27 bits per heavy atom. The molecule has 2 nitrogen and oxygen atoms in total. The molecule has 0 radical (unpaired) electrons. The number of carbonyl (C=O) groups is 1. The molecule has 0 saturated heterocycles. The predicted molar refractivity (Wildman–Crippen MR) is 61.5 cm³/mol. The summed E-state index contributed by atoms with van der Waals surface area (Å²) in [6.07, 6.45) is 1.63. The number of aryl methyl sites for hydroxylation is 1. The molecule has 1 rings (SSSR count). The van der Waals surface area contributed by atoms with Crippen LogP contribution in [0.2, 0.25) is 0 Å². The zero-order valence-corrected chi connectivity index (χ0v) is 9.25. The summed E-state index contributed by atoms with van der Waals surface area (Å²) in [7, 11) is 0. The normalized spacial score (nSPS) is 9.73. The summed E-state index contributed by atoms with van der Waals surface area (Å²) >= 11 is 0. The molecule has 0 saturated carbocycles. The Labute approximate surface area is 90.6 Å². The van der Waals surface area contributed by atoms with E-state index in [0.717, 1.165) is 23.8 Å². The Morgan fingerprint density at radius 1 is 1.53 bits per heavy atom. The predicted octanol–water partition coefficient (Wildman–Crippen LogP) is 3.15. The van der Waals surface area contributed by atoms with Crippen LogP contribution in [0.4, 0.5) is 0 Å². The molecule has 15 heavy (non-hydrogen) atoms. The van der Waals surface area contributed by atoms with Crippen LogP contribution in [0.25, 0.3) is 0 Å². The first-order valence-corrected chi connectivity index (χ1v) is 4.96. The zero-order chi connectivity index (χ0) is 11.3. The van der Waals surface area contributed by atoms with Gasteiger partial charge in [-0.1, -0.05) is 17.2 Å². The Kier molecular flexibility index (Phi) is 4.10. The summed E-state index contributed by atoms with van der Waals surface area (Å²) in [6.45, 7) is 8.27.